The van der Waals surface area contributed by atoms with E-state index >= 15 is 0 Å². The normalized spacial score (nSPS) is 18.9. The topological polar surface area (TPSA) is 70.6 Å². The molecule has 6 nitrogen and oxygen atoms in total. The fourth-order valence-corrected chi connectivity index (χ4v) is 5.09. The monoisotopic (exact) mass is 367 g/mol. The van der Waals surface area contributed by atoms with Crippen LogP contribution in [0.3, 0.4) is 0 Å². The van der Waals surface area contributed by atoms with Crippen molar-refractivity contribution < 1.29 is 13.2 Å². The van der Waals surface area contributed by atoms with E-state index in [0.29, 0.717) is 18.5 Å². The van der Waals surface area contributed by atoms with Crippen LogP contribution in [0.2, 0.25) is 0 Å². The number of hydrogen-bond acceptors (Lipinski definition) is 5. The van der Waals surface area contributed by atoms with E-state index in [4.69, 9.17) is 0 Å². The van der Waals surface area contributed by atoms with Gasteiger partial charge in [-0.25, -0.2) is 13.4 Å². The fraction of sp³-hybridized carbons (Fsp3) is 0.667. The molecule has 1 aromatic rings. The molecule has 1 saturated heterocycles. The van der Waals surface area contributed by atoms with Crippen molar-refractivity contribution in [1.29, 1.82) is 0 Å². The minimum atomic E-state index is -3.02. The van der Waals surface area contributed by atoms with Gasteiger partial charge in [0.05, 0.1) is 11.5 Å². The van der Waals surface area contributed by atoms with Crippen LogP contribution < -0.4 is 4.90 Å². The largest absolute Gasteiger partial charge is 0.357 e. The first-order valence-electron chi connectivity index (χ1n) is 9.14. The van der Waals surface area contributed by atoms with Crippen molar-refractivity contribution in [2.75, 3.05) is 36.0 Å². The standard InChI is InChI=1S/C18H29N3O3S/c1-4-10-20(11-5-2)17-13-15(7-9-19-17)18(22)21(6-3)16-8-12-25(23,24)14-16/h7,9,13,16H,4-6,8,10-12,14H2,1-3H3. The summed E-state index contributed by atoms with van der Waals surface area (Å²) in [5, 5.41) is 0. The number of hydrogen-bond donors (Lipinski definition) is 0. The van der Waals surface area contributed by atoms with E-state index in [0.717, 1.165) is 31.7 Å². The molecule has 0 aliphatic carbocycles. The molecular formula is C18H29N3O3S. The van der Waals surface area contributed by atoms with Crippen LogP contribution >= 0.6 is 0 Å². The fourth-order valence-electron chi connectivity index (χ4n) is 3.36. The van der Waals surface area contributed by atoms with Crippen molar-refractivity contribution in [3.05, 3.63) is 23.9 Å². The van der Waals surface area contributed by atoms with Crippen LogP contribution in [0.25, 0.3) is 0 Å². The van der Waals surface area contributed by atoms with Crippen molar-refractivity contribution in [2.45, 2.75) is 46.1 Å². The second-order valence-corrected chi connectivity index (χ2v) is 8.77. The quantitative estimate of drug-likeness (QED) is 0.705. The Morgan fingerprint density at radius 3 is 2.44 bits per heavy atom. The highest BCUT2D eigenvalue weighted by molar-refractivity contribution is 7.91. The van der Waals surface area contributed by atoms with E-state index in [9.17, 15) is 13.2 Å². The molecule has 7 heteroatoms. The number of nitrogens with zero attached hydrogens (tertiary/aromatic N) is 3. The molecule has 1 amide bonds. The average Bonchev–Trinajstić information content (AvgIpc) is 2.95. The van der Waals surface area contributed by atoms with Gasteiger partial charge in [-0.3, -0.25) is 4.79 Å². The van der Waals surface area contributed by atoms with E-state index < -0.39 is 9.84 Å². The third-order valence-corrected chi connectivity index (χ3v) is 6.30. The maximum Gasteiger partial charge on any atom is 0.254 e. The molecule has 1 atom stereocenters. The van der Waals surface area contributed by atoms with Gasteiger partial charge in [0.1, 0.15) is 5.82 Å². The highest BCUT2D eigenvalue weighted by Gasteiger charge is 2.34. The molecular weight excluding hydrogens is 338 g/mol. The van der Waals surface area contributed by atoms with E-state index in [1.165, 1.54) is 0 Å². The minimum Gasteiger partial charge on any atom is -0.357 e. The summed E-state index contributed by atoms with van der Waals surface area (Å²) < 4.78 is 23.5. The second-order valence-electron chi connectivity index (χ2n) is 6.54. The Morgan fingerprint density at radius 2 is 1.92 bits per heavy atom. The molecule has 2 heterocycles. The number of rotatable bonds is 8. The van der Waals surface area contributed by atoms with Gasteiger partial charge in [-0.1, -0.05) is 13.8 Å². The lowest BCUT2D eigenvalue weighted by molar-refractivity contribution is 0.0708. The predicted molar refractivity (Wildman–Crippen MR) is 101 cm³/mol. The number of carbonyl (C=O) groups is 1. The third-order valence-electron chi connectivity index (χ3n) is 4.55. The van der Waals surface area contributed by atoms with Gasteiger partial charge in [0.15, 0.2) is 9.84 Å². The zero-order valence-corrected chi connectivity index (χ0v) is 16.3. The van der Waals surface area contributed by atoms with Crippen LogP contribution in [-0.2, 0) is 9.84 Å². The summed E-state index contributed by atoms with van der Waals surface area (Å²) in [6.07, 6.45) is 4.22. The molecule has 0 N–H and O–H groups in total. The number of amides is 1. The molecule has 140 valence electrons. The van der Waals surface area contributed by atoms with Gasteiger partial charge in [0.2, 0.25) is 0 Å². The molecule has 1 unspecified atom stereocenters. The van der Waals surface area contributed by atoms with Crippen LogP contribution in [-0.4, -0.2) is 61.4 Å². The molecule has 25 heavy (non-hydrogen) atoms. The first-order valence-corrected chi connectivity index (χ1v) is 11.0. The second kappa shape index (κ2) is 8.65. The van der Waals surface area contributed by atoms with E-state index in [1.807, 2.05) is 13.0 Å². The van der Waals surface area contributed by atoms with Crippen molar-refractivity contribution in [1.82, 2.24) is 9.88 Å². The smallest absolute Gasteiger partial charge is 0.254 e. The van der Waals surface area contributed by atoms with Crippen LogP contribution in [0, 0.1) is 0 Å². The lowest BCUT2D eigenvalue weighted by Gasteiger charge is -2.28. The van der Waals surface area contributed by atoms with Crippen molar-refractivity contribution in [3.63, 3.8) is 0 Å². The number of sulfone groups is 1. The molecule has 0 aromatic carbocycles. The predicted octanol–water partition coefficient (Wildman–Crippen LogP) is 2.36. The van der Waals surface area contributed by atoms with Gasteiger partial charge in [0.25, 0.3) is 5.91 Å². The summed E-state index contributed by atoms with van der Waals surface area (Å²) in [6, 6.07) is 3.33. The summed E-state index contributed by atoms with van der Waals surface area (Å²) in [7, 11) is -3.02. The number of anilines is 1. The van der Waals surface area contributed by atoms with Crippen LogP contribution in [0.15, 0.2) is 18.3 Å². The van der Waals surface area contributed by atoms with Crippen LogP contribution in [0.5, 0.6) is 0 Å². The summed E-state index contributed by atoms with van der Waals surface area (Å²) in [5.74, 6) is 0.942. The molecule has 0 saturated carbocycles. The van der Waals surface area contributed by atoms with E-state index in [-0.39, 0.29) is 23.5 Å². The Balaban J connectivity index is 2.21. The van der Waals surface area contributed by atoms with E-state index in [1.54, 1.807) is 17.2 Å². The molecule has 0 spiro atoms. The number of pyridine rings is 1. The van der Waals surface area contributed by atoms with E-state index in [2.05, 4.69) is 23.7 Å². The summed E-state index contributed by atoms with van der Waals surface area (Å²) in [5.41, 5.74) is 0.577. The minimum absolute atomic E-state index is 0.0717. The molecule has 0 bridgehead atoms. The zero-order valence-electron chi connectivity index (χ0n) is 15.4. The molecule has 2 rings (SSSR count). The molecule has 1 aromatic heterocycles. The van der Waals surface area contributed by atoms with Crippen LogP contribution in [0.1, 0.15) is 50.4 Å². The summed E-state index contributed by atoms with van der Waals surface area (Å²) in [4.78, 5) is 21.2. The van der Waals surface area contributed by atoms with Gasteiger partial charge < -0.3 is 9.80 Å². The lowest BCUT2D eigenvalue weighted by atomic mass is 10.1. The van der Waals surface area contributed by atoms with Gasteiger partial charge in [0, 0.05) is 37.4 Å². The highest BCUT2D eigenvalue weighted by atomic mass is 32.2. The summed E-state index contributed by atoms with van der Waals surface area (Å²) in [6.45, 7) is 8.44. The Morgan fingerprint density at radius 1 is 1.24 bits per heavy atom. The van der Waals surface area contributed by atoms with Crippen molar-refractivity contribution in [3.8, 4) is 0 Å². The zero-order chi connectivity index (χ0) is 18.4. The first kappa shape index (κ1) is 19.7. The molecule has 1 fully saturated rings. The molecule has 0 radical (unpaired) electrons. The Hall–Kier alpha value is -1.63. The highest BCUT2D eigenvalue weighted by Crippen LogP contribution is 2.21. The first-order chi connectivity index (χ1) is 11.9. The molecule has 1 aliphatic rings. The molecule has 1 aliphatic heterocycles. The average molecular weight is 368 g/mol. The van der Waals surface area contributed by atoms with Crippen molar-refractivity contribution >= 4 is 21.6 Å². The number of carbonyl (C=O) groups excluding carboxylic acids is 1. The van der Waals surface area contributed by atoms with Gasteiger partial charge in [-0.15, -0.1) is 0 Å². The third kappa shape index (κ3) is 4.93. The van der Waals surface area contributed by atoms with Crippen molar-refractivity contribution in [2.24, 2.45) is 0 Å². The Labute approximate surface area is 151 Å². The SMILES string of the molecule is CCCN(CCC)c1cc(C(=O)N(CC)C2CCS(=O)(=O)C2)ccn1. The maximum atomic E-state index is 12.9. The lowest BCUT2D eigenvalue weighted by Crippen LogP contribution is -2.41. The van der Waals surface area contributed by atoms with Gasteiger partial charge in [-0.2, -0.15) is 0 Å². The Kier molecular flexibility index (Phi) is 6.81. The van der Waals surface area contributed by atoms with Gasteiger partial charge >= 0.3 is 0 Å². The number of aromatic nitrogens is 1. The van der Waals surface area contributed by atoms with Gasteiger partial charge in [-0.05, 0) is 38.3 Å². The Bertz CT molecular complexity index is 685. The summed E-state index contributed by atoms with van der Waals surface area (Å²) >= 11 is 0. The van der Waals surface area contributed by atoms with Crippen LogP contribution in [0.4, 0.5) is 5.82 Å². The maximum absolute atomic E-state index is 12.9.